The number of aromatic nitrogens is 2. The number of hydrogen-bond donors (Lipinski definition) is 1. The lowest BCUT2D eigenvalue weighted by atomic mass is 9.97. The fourth-order valence-electron chi connectivity index (χ4n) is 3.86. The second-order valence-corrected chi connectivity index (χ2v) is 7.08. The van der Waals surface area contributed by atoms with Crippen molar-refractivity contribution < 1.29 is 4.79 Å². The molecule has 26 heavy (non-hydrogen) atoms. The first-order chi connectivity index (χ1) is 12.6. The van der Waals surface area contributed by atoms with Crippen molar-refractivity contribution in [1.82, 2.24) is 14.5 Å². The number of para-hydroxylation sites is 1. The molecule has 0 saturated carbocycles. The molecule has 2 N–H and O–H groups in total. The normalized spacial score (nSPS) is 20.5. The predicted octanol–water partition coefficient (Wildman–Crippen LogP) is 3.29. The molecule has 3 aromatic rings. The van der Waals surface area contributed by atoms with Gasteiger partial charge in [0.2, 0.25) is 0 Å². The Kier molecular flexibility index (Phi) is 4.24. The molecule has 0 spiro atoms. The third-order valence-corrected chi connectivity index (χ3v) is 5.39. The molecule has 5 heteroatoms. The van der Waals surface area contributed by atoms with Crippen molar-refractivity contribution in [2.24, 2.45) is 5.73 Å². The van der Waals surface area contributed by atoms with Gasteiger partial charge < -0.3 is 10.6 Å². The van der Waals surface area contributed by atoms with Crippen LogP contribution in [0.1, 0.15) is 35.9 Å². The second kappa shape index (κ2) is 6.57. The van der Waals surface area contributed by atoms with Gasteiger partial charge in [-0.3, -0.25) is 9.36 Å². The Hall–Kier alpha value is -2.66. The highest BCUT2D eigenvalue weighted by Gasteiger charge is 2.29. The van der Waals surface area contributed by atoms with Crippen molar-refractivity contribution >= 4 is 16.9 Å². The smallest absolute Gasteiger partial charge is 0.254 e. The van der Waals surface area contributed by atoms with Gasteiger partial charge in [-0.2, -0.15) is 0 Å². The molecule has 2 atom stereocenters. The van der Waals surface area contributed by atoms with E-state index < -0.39 is 0 Å². The number of benzene rings is 2. The monoisotopic (exact) mass is 348 g/mol. The molecule has 1 aliphatic heterocycles. The number of imidazole rings is 1. The molecule has 0 aliphatic carbocycles. The Bertz CT molecular complexity index is 947. The minimum atomic E-state index is 0.0430. The first-order valence-corrected chi connectivity index (χ1v) is 9.17. The summed E-state index contributed by atoms with van der Waals surface area (Å²) in [6.07, 6.45) is 1.94. The van der Waals surface area contributed by atoms with Gasteiger partial charge in [0.05, 0.1) is 11.0 Å². The summed E-state index contributed by atoms with van der Waals surface area (Å²) in [7, 11) is 0. The quantitative estimate of drug-likeness (QED) is 0.773. The molecule has 2 aromatic carbocycles. The number of aryl methyl sites for hydroxylation is 1. The number of likely N-dealkylation sites (tertiary alicyclic amines) is 1. The molecular weight excluding hydrogens is 324 g/mol. The van der Waals surface area contributed by atoms with E-state index >= 15 is 0 Å². The van der Waals surface area contributed by atoms with Crippen LogP contribution in [-0.4, -0.2) is 39.0 Å². The second-order valence-electron chi connectivity index (χ2n) is 7.08. The van der Waals surface area contributed by atoms with Gasteiger partial charge in [-0.25, -0.2) is 4.98 Å². The lowest BCUT2D eigenvalue weighted by molar-refractivity contribution is 0.0605. The predicted molar refractivity (Wildman–Crippen MR) is 104 cm³/mol. The van der Waals surface area contributed by atoms with E-state index in [1.807, 2.05) is 55.1 Å². The molecule has 5 nitrogen and oxygen atoms in total. The molecule has 0 radical (unpaired) electrons. The highest BCUT2D eigenvalue weighted by molar-refractivity contribution is 5.98. The van der Waals surface area contributed by atoms with Gasteiger partial charge in [0.15, 0.2) is 0 Å². The van der Waals surface area contributed by atoms with Gasteiger partial charge in [0, 0.05) is 29.9 Å². The zero-order valence-corrected chi connectivity index (χ0v) is 15.2. The van der Waals surface area contributed by atoms with Crippen LogP contribution < -0.4 is 5.73 Å². The van der Waals surface area contributed by atoms with E-state index in [1.54, 1.807) is 0 Å². The average molecular weight is 348 g/mol. The number of carbonyl (C=O) groups is 1. The van der Waals surface area contributed by atoms with Crippen molar-refractivity contribution in [2.45, 2.75) is 38.8 Å². The zero-order valence-electron chi connectivity index (χ0n) is 15.2. The Labute approximate surface area is 153 Å². The number of nitrogens with zero attached hydrogens (tertiary/aromatic N) is 3. The first kappa shape index (κ1) is 16.8. The zero-order chi connectivity index (χ0) is 18.3. The Balaban J connectivity index is 1.72. The van der Waals surface area contributed by atoms with E-state index in [4.69, 9.17) is 5.73 Å². The summed E-state index contributed by atoms with van der Waals surface area (Å²) in [6.45, 7) is 4.79. The van der Waals surface area contributed by atoms with E-state index in [0.717, 1.165) is 41.9 Å². The van der Waals surface area contributed by atoms with Crippen molar-refractivity contribution in [1.29, 1.82) is 0 Å². The lowest BCUT2D eigenvalue weighted by Crippen LogP contribution is -2.52. The van der Waals surface area contributed by atoms with Crippen molar-refractivity contribution in [2.75, 3.05) is 6.54 Å². The molecule has 2 heterocycles. The van der Waals surface area contributed by atoms with Crippen LogP contribution in [0, 0.1) is 6.92 Å². The van der Waals surface area contributed by atoms with Gasteiger partial charge in [-0.15, -0.1) is 0 Å². The number of hydrogen-bond acceptors (Lipinski definition) is 3. The van der Waals surface area contributed by atoms with E-state index in [0.29, 0.717) is 5.56 Å². The van der Waals surface area contributed by atoms with Crippen molar-refractivity contribution in [3.05, 3.63) is 59.9 Å². The highest BCUT2D eigenvalue weighted by atomic mass is 16.2. The van der Waals surface area contributed by atoms with Crippen LogP contribution in [0.5, 0.6) is 0 Å². The number of piperidine rings is 1. The van der Waals surface area contributed by atoms with Gasteiger partial charge >= 0.3 is 0 Å². The number of amides is 1. The minimum absolute atomic E-state index is 0.0430. The van der Waals surface area contributed by atoms with Crippen LogP contribution in [-0.2, 0) is 0 Å². The van der Waals surface area contributed by atoms with E-state index in [2.05, 4.69) is 21.7 Å². The fourth-order valence-corrected chi connectivity index (χ4v) is 3.86. The van der Waals surface area contributed by atoms with Crippen LogP contribution in [0.2, 0.25) is 0 Å². The maximum Gasteiger partial charge on any atom is 0.254 e. The van der Waals surface area contributed by atoms with E-state index in [9.17, 15) is 4.79 Å². The Morgan fingerprint density at radius 1 is 1.19 bits per heavy atom. The third-order valence-electron chi connectivity index (χ3n) is 5.39. The standard InChI is InChI=1S/C21H24N4O/c1-14-18(22)9-6-12-24(14)21(26)16-10-11-20-19(13-16)23-15(2)25(20)17-7-4-3-5-8-17/h3-5,7-8,10-11,13-14,18H,6,9,12,22H2,1-2H3/t14-,18-/m1/s1. The maximum absolute atomic E-state index is 13.0. The highest BCUT2D eigenvalue weighted by Crippen LogP contribution is 2.24. The number of rotatable bonds is 2. The van der Waals surface area contributed by atoms with Gasteiger partial charge in [0.25, 0.3) is 5.91 Å². The van der Waals surface area contributed by atoms with Crippen molar-refractivity contribution in [3.8, 4) is 5.69 Å². The summed E-state index contributed by atoms with van der Waals surface area (Å²) < 4.78 is 2.11. The summed E-state index contributed by atoms with van der Waals surface area (Å²) in [4.78, 5) is 19.6. The minimum Gasteiger partial charge on any atom is -0.334 e. The van der Waals surface area contributed by atoms with Gasteiger partial charge in [-0.05, 0) is 57.0 Å². The van der Waals surface area contributed by atoms with E-state index in [-0.39, 0.29) is 18.0 Å². The van der Waals surface area contributed by atoms with Crippen LogP contribution >= 0.6 is 0 Å². The topological polar surface area (TPSA) is 64.2 Å². The Morgan fingerprint density at radius 2 is 1.96 bits per heavy atom. The summed E-state index contributed by atoms with van der Waals surface area (Å²) >= 11 is 0. The van der Waals surface area contributed by atoms with E-state index in [1.165, 1.54) is 0 Å². The number of carbonyl (C=O) groups excluding carboxylic acids is 1. The SMILES string of the molecule is Cc1nc2cc(C(=O)N3CCC[C@@H](N)[C@H]3C)ccc2n1-c1ccccc1. The summed E-state index contributed by atoms with van der Waals surface area (Å²) in [6, 6.07) is 16.1. The molecule has 1 fully saturated rings. The lowest BCUT2D eigenvalue weighted by Gasteiger charge is -2.37. The molecule has 134 valence electrons. The molecule has 0 unspecified atom stereocenters. The van der Waals surface area contributed by atoms with Gasteiger partial charge in [0.1, 0.15) is 5.82 Å². The largest absolute Gasteiger partial charge is 0.334 e. The fraction of sp³-hybridized carbons (Fsp3) is 0.333. The van der Waals surface area contributed by atoms with Crippen LogP contribution in [0.25, 0.3) is 16.7 Å². The molecule has 1 amide bonds. The molecule has 1 aliphatic rings. The number of nitrogens with two attached hydrogens (primary N) is 1. The summed E-state index contributed by atoms with van der Waals surface area (Å²) in [5.41, 5.74) is 9.75. The third kappa shape index (κ3) is 2.78. The molecule has 0 bridgehead atoms. The summed E-state index contributed by atoms with van der Waals surface area (Å²) in [5.74, 6) is 0.950. The molecule has 1 aromatic heterocycles. The number of fused-ring (bicyclic) bond motifs is 1. The van der Waals surface area contributed by atoms with Gasteiger partial charge in [-0.1, -0.05) is 18.2 Å². The van der Waals surface area contributed by atoms with Crippen LogP contribution in [0.15, 0.2) is 48.5 Å². The van der Waals surface area contributed by atoms with Crippen LogP contribution in [0.4, 0.5) is 0 Å². The maximum atomic E-state index is 13.0. The first-order valence-electron chi connectivity index (χ1n) is 9.17. The van der Waals surface area contributed by atoms with Crippen molar-refractivity contribution in [3.63, 3.8) is 0 Å². The Morgan fingerprint density at radius 3 is 2.73 bits per heavy atom. The molecular formula is C21H24N4O. The summed E-state index contributed by atoms with van der Waals surface area (Å²) in [5, 5.41) is 0. The molecule has 4 rings (SSSR count). The molecule has 1 saturated heterocycles. The average Bonchev–Trinajstić information content (AvgIpc) is 2.99. The van der Waals surface area contributed by atoms with Crippen LogP contribution in [0.3, 0.4) is 0 Å².